The number of carbonyl (C=O) groups is 3. The molecule has 1 heterocycles. The number of nitrogens with one attached hydrogen (secondary N) is 1. The monoisotopic (exact) mass is 464 g/mol. The van der Waals surface area contributed by atoms with Crippen LogP contribution in [0.25, 0.3) is 0 Å². The van der Waals surface area contributed by atoms with Gasteiger partial charge in [0.1, 0.15) is 11.3 Å². The molecule has 1 atom stereocenters. The highest BCUT2D eigenvalue weighted by atomic mass is 16.5. The molecule has 7 heteroatoms. The van der Waals surface area contributed by atoms with Crippen molar-refractivity contribution in [2.24, 2.45) is 5.92 Å². The summed E-state index contributed by atoms with van der Waals surface area (Å²) >= 11 is 0. The minimum Gasteiger partial charge on any atom is -0.496 e. The van der Waals surface area contributed by atoms with Crippen molar-refractivity contribution in [1.29, 1.82) is 0 Å². The van der Waals surface area contributed by atoms with Gasteiger partial charge in [0.25, 0.3) is 11.8 Å². The molecule has 2 aromatic rings. The molecule has 0 spiro atoms. The van der Waals surface area contributed by atoms with Crippen molar-refractivity contribution in [3.8, 4) is 5.75 Å². The Labute approximate surface area is 201 Å². The fourth-order valence-electron chi connectivity index (χ4n) is 4.71. The summed E-state index contributed by atoms with van der Waals surface area (Å²) in [4.78, 5) is 40.6. The summed E-state index contributed by atoms with van der Waals surface area (Å²) in [7, 11) is 3.04. The molecule has 0 aromatic heterocycles. The zero-order valence-electron chi connectivity index (χ0n) is 20.8. The van der Waals surface area contributed by atoms with Gasteiger partial charge in [-0.15, -0.1) is 0 Å². The fraction of sp³-hybridized carbons (Fsp3) is 0.444. The third kappa shape index (κ3) is 4.21. The number of carboxylic acid groups (broad SMARTS) is 1. The van der Waals surface area contributed by atoms with Crippen LogP contribution in [0.4, 0.5) is 5.69 Å². The molecule has 1 unspecified atom stereocenters. The van der Waals surface area contributed by atoms with Crippen LogP contribution >= 0.6 is 0 Å². The van der Waals surface area contributed by atoms with E-state index in [1.807, 2.05) is 34.6 Å². The summed E-state index contributed by atoms with van der Waals surface area (Å²) in [5.74, 6) is -1.50. The van der Waals surface area contributed by atoms with Crippen LogP contribution in [0.2, 0.25) is 0 Å². The third-order valence-electron chi connectivity index (χ3n) is 6.15. The number of carboxylic acids is 1. The average Bonchev–Trinajstić information content (AvgIpc) is 3.11. The van der Waals surface area contributed by atoms with Crippen molar-refractivity contribution in [3.63, 3.8) is 0 Å². The van der Waals surface area contributed by atoms with Crippen LogP contribution in [0.15, 0.2) is 24.3 Å². The number of ether oxygens (including phenoxy) is 1. The molecule has 3 rings (SSSR count). The molecule has 0 aliphatic carbocycles. The summed E-state index contributed by atoms with van der Waals surface area (Å²) in [6.45, 7) is 9.84. The first-order valence-corrected chi connectivity index (χ1v) is 11.3. The van der Waals surface area contributed by atoms with Crippen LogP contribution in [0.1, 0.15) is 72.9 Å². The highest BCUT2D eigenvalue weighted by Crippen LogP contribution is 2.45. The van der Waals surface area contributed by atoms with Crippen LogP contribution < -0.4 is 15.0 Å². The Bertz CT molecular complexity index is 1130. The minimum atomic E-state index is -1.54. The molecular weight excluding hydrogens is 432 g/mol. The predicted octanol–water partition coefficient (Wildman–Crippen LogP) is 4.03. The van der Waals surface area contributed by atoms with Gasteiger partial charge in [0, 0.05) is 36.3 Å². The molecule has 180 valence electrons. The van der Waals surface area contributed by atoms with E-state index in [0.717, 1.165) is 5.56 Å². The number of fused-ring (bicyclic) bond motifs is 1. The molecule has 0 fully saturated rings. The summed E-state index contributed by atoms with van der Waals surface area (Å²) in [6, 6.07) is 12.6. The lowest BCUT2D eigenvalue weighted by molar-refractivity contribution is -0.143. The number of aliphatic carboxylic acids is 1. The zero-order chi connectivity index (χ0) is 25.4. The summed E-state index contributed by atoms with van der Waals surface area (Å²) in [6.07, 6.45) is 0.253. The van der Waals surface area contributed by atoms with E-state index in [-0.39, 0.29) is 35.6 Å². The summed E-state index contributed by atoms with van der Waals surface area (Å²) < 4.78 is 5.53. The van der Waals surface area contributed by atoms with Crippen molar-refractivity contribution in [2.75, 3.05) is 19.1 Å². The first-order chi connectivity index (χ1) is 15.9. The topological polar surface area (TPSA) is 95.9 Å². The van der Waals surface area contributed by atoms with Crippen molar-refractivity contribution in [3.05, 3.63) is 58.7 Å². The molecule has 2 amide bonds. The average molecular weight is 465 g/mol. The van der Waals surface area contributed by atoms with Gasteiger partial charge in [-0.3, -0.25) is 14.5 Å². The lowest BCUT2D eigenvalue weighted by Crippen LogP contribution is -2.56. The van der Waals surface area contributed by atoms with Gasteiger partial charge in [0.15, 0.2) is 0 Å². The quantitative estimate of drug-likeness (QED) is 0.673. The standard InChI is InChI=1S/C27H32N2O5/c1-16(2)14-27(25(32)33)15-19-18(23(30)28-6)9-8-10-21(19)29(27)24(31)17-11-12-20(26(3,4)5)22(13-17)34-7/h8-10,13,16H,14-15H2,1-7H3,(H,28,30)(H,32,33). The van der Waals surface area contributed by atoms with Crippen molar-refractivity contribution in [1.82, 2.24) is 5.32 Å². The van der Waals surface area contributed by atoms with E-state index >= 15 is 0 Å². The minimum absolute atomic E-state index is 0.0162. The van der Waals surface area contributed by atoms with Crippen molar-refractivity contribution in [2.45, 2.75) is 58.4 Å². The Morgan fingerprint density at radius 2 is 1.91 bits per heavy atom. The molecule has 0 saturated heterocycles. The maximum Gasteiger partial charge on any atom is 0.330 e. The van der Waals surface area contributed by atoms with Gasteiger partial charge in [-0.25, -0.2) is 4.79 Å². The van der Waals surface area contributed by atoms with Crippen LogP contribution in [0.3, 0.4) is 0 Å². The lowest BCUT2D eigenvalue weighted by Gasteiger charge is -2.36. The Kier molecular flexibility index (Phi) is 6.66. The fourth-order valence-corrected chi connectivity index (χ4v) is 4.71. The van der Waals surface area contributed by atoms with Crippen LogP contribution in [0, 0.1) is 18.1 Å². The maximum absolute atomic E-state index is 13.9. The molecule has 0 radical (unpaired) electrons. The number of carbonyl (C=O) groups excluding carboxylic acids is 2. The second-order valence-electron chi connectivity index (χ2n) is 10.1. The first-order valence-electron chi connectivity index (χ1n) is 11.3. The Hall–Kier alpha value is -3.53. The molecule has 2 N–H and O–H groups in total. The number of anilines is 1. The van der Waals surface area contributed by atoms with Gasteiger partial charge in [0.05, 0.1) is 12.7 Å². The van der Waals surface area contributed by atoms with E-state index < -0.39 is 17.4 Å². The van der Waals surface area contributed by atoms with Crippen molar-refractivity contribution < 1.29 is 24.2 Å². The SMILES string of the molecule is CNC(=O)c1cccc2c1CC(CC(C)C)(C(=O)O)N2C(=O)c1c#cc(C(C)(C)C)c(OC)c1. The second kappa shape index (κ2) is 9.02. The zero-order valence-corrected chi connectivity index (χ0v) is 20.8. The lowest BCUT2D eigenvalue weighted by atomic mass is 9.84. The number of hydrogen-bond acceptors (Lipinski definition) is 4. The highest BCUT2D eigenvalue weighted by Gasteiger charge is 2.54. The number of benzene rings is 1. The van der Waals surface area contributed by atoms with Crippen LogP contribution in [-0.2, 0) is 16.6 Å². The Morgan fingerprint density at radius 3 is 2.44 bits per heavy atom. The highest BCUT2D eigenvalue weighted by molar-refractivity contribution is 6.13. The number of nitrogens with zero attached hydrogens (tertiary/aromatic N) is 1. The van der Waals surface area contributed by atoms with Crippen LogP contribution in [0.5, 0.6) is 5.75 Å². The van der Waals surface area contributed by atoms with Crippen molar-refractivity contribution >= 4 is 23.5 Å². The van der Waals surface area contributed by atoms with Gasteiger partial charge in [0.2, 0.25) is 0 Å². The van der Waals surface area contributed by atoms with E-state index in [0.29, 0.717) is 22.6 Å². The molecule has 7 nitrogen and oxygen atoms in total. The molecule has 2 aromatic carbocycles. The number of hydrogen-bond donors (Lipinski definition) is 2. The van der Waals surface area contributed by atoms with Gasteiger partial charge in [-0.05, 0) is 35.4 Å². The van der Waals surface area contributed by atoms with Crippen LogP contribution in [-0.4, -0.2) is 42.6 Å². The maximum atomic E-state index is 13.9. The normalized spacial score (nSPS) is 17.2. The van der Waals surface area contributed by atoms with E-state index in [2.05, 4.69) is 17.4 Å². The molecule has 0 saturated carbocycles. The van der Waals surface area contributed by atoms with E-state index in [9.17, 15) is 19.5 Å². The number of amides is 2. The summed E-state index contributed by atoms with van der Waals surface area (Å²) in [5.41, 5.74) is 0.415. The van der Waals surface area contributed by atoms with Gasteiger partial charge >= 0.3 is 5.97 Å². The molecular formula is C27H32N2O5. The smallest absolute Gasteiger partial charge is 0.330 e. The second-order valence-corrected chi connectivity index (χ2v) is 10.1. The van der Waals surface area contributed by atoms with E-state index in [1.165, 1.54) is 19.1 Å². The van der Waals surface area contributed by atoms with Gasteiger partial charge in [-0.1, -0.05) is 52.8 Å². The third-order valence-corrected chi connectivity index (χ3v) is 6.15. The molecule has 34 heavy (non-hydrogen) atoms. The number of rotatable bonds is 6. The Balaban J connectivity index is 2.24. The largest absolute Gasteiger partial charge is 0.496 e. The predicted molar refractivity (Wildman–Crippen MR) is 130 cm³/mol. The van der Waals surface area contributed by atoms with Gasteiger partial charge in [-0.2, -0.15) is 0 Å². The molecule has 0 bridgehead atoms. The first kappa shape index (κ1) is 25.1. The number of methoxy groups -OCH3 is 1. The van der Waals surface area contributed by atoms with E-state index in [1.54, 1.807) is 24.3 Å². The Morgan fingerprint density at radius 1 is 1.24 bits per heavy atom. The summed E-state index contributed by atoms with van der Waals surface area (Å²) in [5, 5.41) is 13.1. The molecule has 1 aliphatic heterocycles. The molecule has 1 aliphatic rings. The van der Waals surface area contributed by atoms with Gasteiger partial charge < -0.3 is 15.2 Å². The van der Waals surface area contributed by atoms with E-state index in [4.69, 9.17) is 4.74 Å².